The summed E-state index contributed by atoms with van der Waals surface area (Å²) in [4.78, 5) is 134. The van der Waals surface area contributed by atoms with Crippen LogP contribution in [0.15, 0.2) is 9.98 Å². The fourth-order valence-electron chi connectivity index (χ4n) is 9.26. The maximum Gasteiger partial charge on any atom is 0.326 e. The van der Waals surface area contributed by atoms with Gasteiger partial charge in [0.25, 0.3) is 0 Å². The topological polar surface area (TPSA) is 416 Å². The molecule has 26 heteroatoms. The van der Waals surface area contributed by atoms with E-state index in [1.807, 2.05) is 0 Å². The second-order valence-electron chi connectivity index (χ2n) is 17.5. The van der Waals surface area contributed by atoms with Crippen molar-refractivity contribution in [2.75, 3.05) is 58.9 Å². The second-order valence-corrected chi connectivity index (χ2v) is 17.5. The molecule has 0 aromatic rings. The second kappa shape index (κ2) is 26.9. The van der Waals surface area contributed by atoms with Crippen LogP contribution in [-0.2, 0) is 43.2 Å². The summed E-state index contributed by atoms with van der Waals surface area (Å²) in [6.45, 7) is 0.834. The van der Waals surface area contributed by atoms with Crippen LogP contribution in [0, 0.1) is 0 Å². The molecule has 4 saturated heterocycles. The number of amides is 8. The quantitative estimate of drug-likeness (QED) is 0.0231. The standard InChI is InChI=1S/C42H72N16O10/c43-16-2-1-9-27(40(67)68)54-37(64)31-15-8-22-58(31)39(66)26(11-4-18-50-42(47)48)53-36(63)30-14-6-20-56(30)33(60)24-51-34(61)28-12-7-21-57(28)38(65)25(10-3-17-49-41(45)46)52-35(62)29-13-5-19-55(29)32(59)23-44/h25-31H,1-24,43-44H2,(H,51,61)(H,52,62)(H,53,63)(H,54,64)(H,67,68)(H4,45,46,49)(H4,47,48,50)/t25-,26-,27-,28-,29-,30-,31-/m0/s1. The summed E-state index contributed by atoms with van der Waals surface area (Å²) >= 11 is 0. The van der Waals surface area contributed by atoms with Gasteiger partial charge in [-0.1, -0.05) is 0 Å². The lowest BCUT2D eigenvalue weighted by Crippen LogP contribution is -2.58. The van der Waals surface area contributed by atoms with Crippen LogP contribution < -0.4 is 55.7 Å². The molecule has 380 valence electrons. The number of aliphatic carboxylic acids is 1. The van der Waals surface area contributed by atoms with Crippen LogP contribution in [0.1, 0.15) is 96.3 Å². The molecule has 8 amide bonds. The third-order valence-electron chi connectivity index (χ3n) is 12.7. The number of likely N-dealkylation sites (tertiary alicyclic amines) is 4. The molecule has 0 radical (unpaired) electrons. The monoisotopic (exact) mass is 961 g/mol. The molecular weight excluding hydrogens is 889 g/mol. The summed E-state index contributed by atoms with van der Waals surface area (Å²) in [6.07, 6.45) is 5.16. The van der Waals surface area contributed by atoms with E-state index in [4.69, 9.17) is 34.4 Å². The Morgan fingerprint density at radius 3 is 1.31 bits per heavy atom. The van der Waals surface area contributed by atoms with Gasteiger partial charge in [0.15, 0.2) is 11.9 Å². The van der Waals surface area contributed by atoms with Crippen LogP contribution in [0.2, 0.25) is 0 Å². The van der Waals surface area contributed by atoms with E-state index in [9.17, 15) is 48.3 Å². The van der Waals surface area contributed by atoms with E-state index in [1.54, 1.807) is 0 Å². The SMILES string of the molecule is NCCCC[C@H](NC(=O)[C@@H]1CCCN1C(=O)[C@H](CCCN=C(N)N)NC(=O)[C@@H]1CCCN1C(=O)CNC(=O)[C@@H]1CCCN1C(=O)[C@H](CCCN=C(N)N)NC(=O)[C@@H]1CCCN1C(=O)CN)C(=O)O. The molecule has 68 heavy (non-hydrogen) atoms. The van der Waals surface area contributed by atoms with Crippen molar-refractivity contribution >= 4 is 65.1 Å². The summed E-state index contributed by atoms with van der Waals surface area (Å²) in [5.41, 5.74) is 33.0. The lowest BCUT2D eigenvalue weighted by molar-refractivity contribution is -0.145. The first-order valence-corrected chi connectivity index (χ1v) is 23.6. The first-order chi connectivity index (χ1) is 32.5. The Kier molecular flexibility index (Phi) is 21.5. The zero-order chi connectivity index (χ0) is 49.9. The highest BCUT2D eigenvalue weighted by Crippen LogP contribution is 2.24. The largest absolute Gasteiger partial charge is 0.480 e. The number of rotatable bonds is 25. The van der Waals surface area contributed by atoms with Gasteiger partial charge in [-0.05, 0) is 103 Å². The molecule has 7 atom stereocenters. The van der Waals surface area contributed by atoms with Crippen LogP contribution in [0.25, 0.3) is 0 Å². The van der Waals surface area contributed by atoms with Crippen molar-refractivity contribution in [3.8, 4) is 0 Å². The van der Waals surface area contributed by atoms with Crippen molar-refractivity contribution in [2.45, 2.75) is 139 Å². The zero-order valence-corrected chi connectivity index (χ0v) is 38.8. The van der Waals surface area contributed by atoms with E-state index < -0.39 is 96.2 Å². The van der Waals surface area contributed by atoms with Gasteiger partial charge in [0.1, 0.15) is 42.3 Å². The van der Waals surface area contributed by atoms with E-state index in [1.165, 1.54) is 19.6 Å². The lowest BCUT2D eigenvalue weighted by Gasteiger charge is -2.31. The Morgan fingerprint density at radius 1 is 0.515 bits per heavy atom. The van der Waals surface area contributed by atoms with Gasteiger partial charge in [0.2, 0.25) is 47.3 Å². The Hall–Kier alpha value is -6.31. The highest BCUT2D eigenvalue weighted by Gasteiger charge is 2.43. The molecule has 0 aliphatic carbocycles. The summed E-state index contributed by atoms with van der Waals surface area (Å²) < 4.78 is 0. The van der Waals surface area contributed by atoms with Crippen LogP contribution in [-0.4, -0.2) is 191 Å². The van der Waals surface area contributed by atoms with E-state index in [0.29, 0.717) is 64.5 Å². The number of hydrogen-bond donors (Lipinski definition) is 11. The molecule has 0 bridgehead atoms. The van der Waals surface area contributed by atoms with Gasteiger partial charge in [-0.25, -0.2) is 4.79 Å². The molecule has 4 heterocycles. The van der Waals surface area contributed by atoms with Crippen LogP contribution in [0.4, 0.5) is 0 Å². The molecule has 4 aliphatic heterocycles. The maximum absolute atomic E-state index is 14.2. The first-order valence-electron chi connectivity index (χ1n) is 23.6. The zero-order valence-electron chi connectivity index (χ0n) is 38.8. The molecule has 0 saturated carbocycles. The fourth-order valence-corrected chi connectivity index (χ4v) is 9.26. The fraction of sp³-hybridized carbons (Fsp3) is 0.738. The molecule has 26 nitrogen and oxygen atoms in total. The normalized spacial score (nSPS) is 21.3. The number of nitrogens with two attached hydrogens (primary N) is 6. The number of hydrogen-bond acceptors (Lipinski definition) is 13. The van der Waals surface area contributed by atoms with Crippen molar-refractivity contribution < 1.29 is 48.3 Å². The van der Waals surface area contributed by atoms with Crippen molar-refractivity contribution in [3.05, 3.63) is 0 Å². The summed E-state index contributed by atoms with van der Waals surface area (Å²) in [6, 6.07) is -7.17. The molecule has 4 aliphatic rings. The average molecular weight is 961 g/mol. The summed E-state index contributed by atoms with van der Waals surface area (Å²) in [5, 5.41) is 20.5. The van der Waals surface area contributed by atoms with Crippen LogP contribution in [0.5, 0.6) is 0 Å². The molecule has 4 rings (SSSR count). The Labute approximate surface area is 395 Å². The minimum Gasteiger partial charge on any atom is -0.480 e. The molecule has 0 aromatic carbocycles. The predicted octanol–water partition coefficient (Wildman–Crippen LogP) is -5.20. The average Bonchev–Trinajstić information content (AvgIpc) is 4.16. The van der Waals surface area contributed by atoms with Gasteiger partial charge >= 0.3 is 5.97 Å². The predicted molar refractivity (Wildman–Crippen MR) is 247 cm³/mol. The van der Waals surface area contributed by atoms with Crippen molar-refractivity contribution in [2.24, 2.45) is 44.4 Å². The van der Waals surface area contributed by atoms with Crippen LogP contribution in [0.3, 0.4) is 0 Å². The van der Waals surface area contributed by atoms with Gasteiger partial charge in [0, 0.05) is 39.3 Å². The summed E-state index contributed by atoms with van der Waals surface area (Å²) in [5.74, 6) is -5.94. The Bertz CT molecular complexity index is 1880. The first kappa shape index (κ1) is 54.3. The molecule has 0 unspecified atom stereocenters. The third kappa shape index (κ3) is 15.4. The van der Waals surface area contributed by atoms with E-state index in [2.05, 4.69) is 31.3 Å². The number of unbranched alkanes of at least 4 members (excludes halogenated alkanes) is 1. The highest BCUT2D eigenvalue weighted by molar-refractivity contribution is 5.98. The number of aliphatic imine (C=N–C) groups is 2. The van der Waals surface area contributed by atoms with Gasteiger partial charge in [-0.3, -0.25) is 48.3 Å². The lowest BCUT2D eigenvalue weighted by atomic mass is 10.1. The number of nitrogens with one attached hydrogen (secondary N) is 4. The van der Waals surface area contributed by atoms with Gasteiger partial charge in [-0.2, -0.15) is 0 Å². The highest BCUT2D eigenvalue weighted by atomic mass is 16.4. The molecular formula is C42H72N16O10. The van der Waals surface area contributed by atoms with Crippen LogP contribution >= 0.6 is 0 Å². The molecule has 0 aromatic heterocycles. The molecule has 17 N–H and O–H groups in total. The number of carbonyl (C=O) groups excluding carboxylic acids is 8. The van der Waals surface area contributed by atoms with Crippen molar-refractivity contribution in [1.82, 2.24) is 40.9 Å². The Balaban J connectivity index is 1.41. The van der Waals surface area contributed by atoms with E-state index in [0.717, 1.165) is 0 Å². The van der Waals surface area contributed by atoms with Gasteiger partial charge < -0.3 is 80.4 Å². The van der Waals surface area contributed by atoms with Crippen molar-refractivity contribution in [1.29, 1.82) is 0 Å². The smallest absolute Gasteiger partial charge is 0.326 e. The minimum absolute atomic E-state index is 0.0736. The third-order valence-corrected chi connectivity index (χ3v) is 12.7. The molecule has 4 fully saturated rings. The summed E-state index contributed by atoms with van der Waals surface area (Å²) in [7, 11) is 0. The number of guanidine groups is 2. The number of carboxylic acids is 1. The van der Waals surface area contributed by atoms with Crippen molar-refractivity contribution in [3.63, 3.8) is 0 Å². The number of carboxylic acid groups (broad SMARTS) is 1. The van der Waals surface area contributed by atoms with Gasteiger partial charge in [-0.15, -0.1) is 0 Å². The maximum atomic E-state index is 14.2. The minimum atomic E-state index is -1.21. The van der Waals surface area contributed by atoms with Gasteiger partial charge in [0.05, 0.1) is 13.1 Å². The number of carbonyl (C=O) groups is 9. The Morgan fingerprint density at radius 2 is 0.897 bits per heavy atom. The van der Waals surface area contributed by atoms with E-state index >= 15 is 0 Å². The van der Waals surface area contributed by atoms with E-state index in [-0.39, 0.29) is 102 Å². The molecule has 0 spiro atoms. The number of nitrogens with zero attached hydrogens (tertiary/aromatic N) is 6.